The van der Waals surface area contributed by atoms with Gasteiger partial charge in [0.05, 0.1) is 24.2 Å². The lowest BCUT2D eigenvalue weighted by Crippen LogP contribution is -2.40. The van der Waals surface area contributed by atoms with Gasteiger partial charge in [-0.1, -0.05) is 42.5 Å². The summed E-state index contributed by atoms with van der Waals surface area (Å²) >= 11 is 0. The van der Waals surface area contributed by atoms with Gasteiger partial charge in [-0.3, -0.25) is 0 Å². The minimum absolute atomic E-state index is 0.176. The number of hydrogen-bond acceptors (Lipinski definition) is 4. The van der Waals surface area contributed by atoms with Crippen molar-refractivity contribution in [3.05, 3.63) is 71.8 Å². The number of morpholine rings is 1. The third-order valence-corrected chi connectivity index (χ3v) is 8.03. The van der Waals surface area contributed by atoms with Crippen molar-refractivity contribution in [3.8, 4) is 0 Å². The van der Waals surface area contributed by atoms with Crippen LogP contribution in [0.25, 0.3) is 0 Å². The lowest BCUT2D eigenvalue weighted by Gasteiger charge is -2.37. The van der Waals surface area contributed by atoms with Gasteiger partial charge in [-0.15, -0.1) is 0 Å². The van der Waals surface area contributed by atoms with Crippen LogP contribution in [0, 0.1) is 5.92 Å². The van der Waals surface area contributed by atoms with E-state index in [4.69, 9.17) is 4.74 Å². The molecule has 5 nitrogen and oxygen atoms in total. The predicted octanol–water partition coefficient (Wildman–Crippen LogP) is 3.53. The summed E-state index contributed by atoms with van der Waals surface area (Å²) in [4.78, 5) is 0.357. The van der Waals surface area contributed by atoms with Gasteiger partial charge in [-0.25, -0.2) is 8.42 Å². The number of hydrogen-bond donors (Lipinski definition) is 1. The van der Waals surface area contributed by atoms with Gasteiger partial charge >= 0.3 is 0 Å². The monoisotopic (exact) mass is 396 g/mol. The number of benzene rings is 2. The molecule has 1 N–H and O–H groups in total. The van der Waals surface area contributed by atoms with Crippen molar-refractivity contribution in [1.82, 2.24) is 4.31 Å². The first kappa shape index (κ1) is 17.9. The fourth-order valence-corrected chi connectivity index (χ4v) is 6.06. The van der Waals surface area contributed by atoms with Gasteiger partial charge in [0.1, 0.15) is 0 Å². The van der Waals surface area contributed by atoms with Crippen LogP contribution in [-0.4, -0.2) is 39.0 Å². The summed E-state index contributed by atoms with van der Waals surface area (Å²) in [5.41, 5.74) is 3.66. The minimum atomic E-state index is -3.46. The Hall–Kier alpha value is -2.15. The smallest absolute Gasteiger partial charge is 0.243 e. The van der Waals surface area contributed by atoms with Crippen LogP contribution in [0.1, 0.15) is 29.5 Å². The molecule has 146 valence electrons. The molecule has 3 atom stereocenters. The number of nitrogens with zero attached hydrogens (tertiary/aromatic N) is 1. The average Bonchev–Trinajstić information content (AvgIpc) is 3.24. The summed E-state index contributed by atoms with van der Waals surface area (Å²) in [6, 6.07) is 16.1. The Morgan fingerprint density at radius 1 is 1.00 bits per heavy atom. The number of rotatable bonds is 3. The SMILES string of the molecule is O=S(=O)(c1ccc([C@@H]2Nc3ccccc3[C@@H]3C=CC[C@@H]32)cc1)N1CCOCC1. The Bertz CT molecular complexity index is 995. The van der Waals surface area contributed by atoms with Crippen molar-refractivity contribution in [2.24, 2.45) is 5.92 Å². The van der Waals surface area contributed by atoms with E-state index in [1.807, 2.05) is 12.1 Å². The second-order valence-corrected chi connectivity index (χ2v) is 9.59. The van der Waals surface area contributed by atoms with E-state index in [0.717, 1.165) is 12.0 Å². The first-order chi connectivity index (χ1) is 13.6. The van der Waals surface area contributed by atoms with Crippen LogP contribution < -0.4 is 5.32 Å². The minimum Gasteiger partial charge on any atom is -0.379 e. The van der Waals surface area contributed by atoms with Crippen molar-refractivity contribution >= 4 is 15.7 Å². The van der Waals surface area contributed by atoms with E-state index in [0.29, 0.717) is 43.0 Å². The van der Waals surface area contributed by atoms with Crippen LogP contribution in [0.2, 0.25) is 0 Å². The van der Waals surface area contributed by atoms with Gasteiger partial charge in [0, 0.05) is 24.7 Å². The van der Waals surface area contributed by atoms with Crippen LogP contribution in [0.5, 0.6) is 0 Å². The first-order valence-electron chi connectivity index (χ1n) is 9.84. The van der Waals surface area contributed by atoms with Gasteiger partial charge in [0.2, 0.25) is 10.0 Å². The third kappa shape index (κ3) is 2.96. The molecule has 1 fully saturated rings. The molecule has 6 heteroatoms. The first-order valence-corrected chi connectivity index (χ1v) is 11.3. The number of sulfonamides is 1. The van der Waals surface area contributed by atoms with Crippen molar-refractivity contribution in [2.45, 2.75) is 23.3 Å². The molecule has 0 aromatic heterocycles. The highest BCUT2D eigenvalue weighted by Gasteiger charge is 2.37. The van der Waals surface area contributed by atoms with Gasteiger partial charge in [-0.2, -0.15) is 4.31 Å². The average molecular weight is 397 g/mol. The van der Waals surface area contributed by atoms with E-state index in [-0.39, 0.29) is 6.04 Å². The lowest BCUT2D eigenvalue weighted by molar-refractivity contribution is 0.0730. The zero-order chi connectivity index (χ0) is 19.1. The van der Waals surface area contributed by atoms with E-state index in [1.54, 1.807) is 12.1 Å². The highest BCUT2D eigenvalue weighted by molar-refractivity contribution is 7.89. The van der Waals surface area contributed by atoms with E-state index < -0.39 is 10.0 Å². The summed E-state index contributed by atoms with van der Waals surface area (Å²) < 4.78 is 32.5. The molecule has 0 spiro atoms. The molecule has 2 aromatic carbocycles. The van der Waals surface area contributed by atoms with E-state index in [2.05, 4.69) is 41.7 Å². The van der Waals surface area contributed by atoms with Crippen LogP contribution in [0.15, 0.2) is 65.6 Å². The Balaban J connectivity index is 1.43. The van der Waals surface area contributed by atoms with Crippen molar-refractivity contribution in [2.75, 3.05) is 31.6 Å². The number of para-hydroxylation sites is 1. The lowest BCUT2D eigenvalue weighted by atomic mass is 9.77. The van der Waals surface area contributed by atoms with Crippen molar-refractivity contribution in [3.63, 3.8) is 0 Å². The molecular weight excluding hydrogens is 372 g/mol. The summed E-state index contributed by atoms with van der Waals surface area (Å²) in [6.07, 6.45) is 5.61. The summed E-state index contributed by atoms with van der Waals surface area (Å²) in [5.74, 6) is 0.871. The molecule has 2 aliphatic heterocycles. The van der Waals surface area contributed by atoms with Gasteiger partial charge in [-0.05, 0) is 41.7 Å². The topological polar surface area (TPSA) is 58.6 Å². The van der Waals surface area contributed by atoms with Gasteiger partial charge < -0.3 is 10.1 Å². The Kier molecular flexibility index (Phi) is 4.50. The molecule has 0 amide bonds. The largest absolute Gasteiger partial charge is 0.379 e. The molecule has 2 aromatic rings. The van der Waals surface area contributed by atoms with Gasteiger partial charge in [0.15, 0.2) is 0 Å². The fourth-order valence-electron chi connectivity index (χ4n) is 4.66. The van der Waals surface area contributed by atoms with Crippen molar-refractivity contribution < 1.29 is 13.2 Å². The maximum Gasteiger partial charge on any atom is 0.243 e. The molecule has 1 aliphatic carbocycles. The Morgan fingerprint density at radius 2 is 1.75 bits per heavy atom. The summed E-state index contributed by atoms with van der Waals surface area (Å²) in [5, 5.41) is 3.69. The van der Waals surface area contributed by atoms with Gasteiger partial charge in [0.25, 0.3) is 0 Å². The second-order valence-electron chi connectivity index (χ2n) is 7.65. The molecule has 0 saturated carbocycles. The highest BCUT2D eigenvalue weighted by atomic mass is 32.2. The Labute approximate surface area is 166 Å². The molecule has 1 saturated heterocycles. The maximum absolute atomic E-state index is 12.9. The van der Waals surface area contributed by atoms with E-state index in [1.165, 1.54) is 15.6 Å². The zero-order valence-corrected chi connectivity index (χ0v) is 16.4. The Morgan fingerprint density at radius 3 is 2.54 bits per heavy atom. The number of fused-ring (bicyclic) bond motifs is 3. The zero-order valence-electron chi connectivity index (χ0n) is 15.6. The summed E-state index contributed by atoms with van der Waals surface area (Å²) in [7, 11) is -3.46. The molecule has 0 radical (unpaired) electrons. The van der Waals surface area contributed by atoms with Crippen molar-refractivity contribution in [1.29, 1.82) is 0 Å². The number of allylic oxidation sites excluding steroid dienone is 2. The molecule has 3 aliphatic rings. The van der Waals surface area contributed by atoms with Crippen LogP contribution in [0.3, 0.4) is 0 Å². The summed E-state index contributed by atoms with van der Waals surface area (Å²) in [6.45, 7) is 1.75. The number of nitrogens with one attached hydrogen (secondary N) is 1. The van der Waals surface area contributed by atoms with E-state index >= 15 is 0 Å². The molecule has 5 rings (SSSR count). The van der Waals surface area contributed by atoms with Crippen LogP contribution >= 0.6 is 0 Å². The molecule has 28 heavy (non-hydrogen) atoms. The molecule has 0 unspecified atom stereocenters. The van der Waals surface area contributed by atoms with Crippen LogP contribution in [0.4, 0.5) is 5.69 Å². The quantitative estimate of drug-likeness (QED) is 0.807. The van der Waals surface area contributed by atoms with Crippen LogP contribution in [-0.2, 0) is 14.8 Å². The molecular formula is C22H24N2O3S. The second kappa shape index (κ2) is 7.03. The number of ether oxygens (including phenoxy) is 1. The normalized spacial score (nSPS) is 27.1. The maximum atomic E-state index is 12.9. The standard InChI is InChI=1S/C22H24N2O3S/c25-28(26,24-12-14-27-15-13-24)17-10-8-16(9-11-17)22-20-6-3-5-18(20)19-4-1-2-7-21(19)23-22/h1-5,7-11,18,20,22-23H,6,12-15H2/t18-,20-,22-/m0/s1. The molecule has 2 heterocycles. The fraction of sp³-hybridized carbons (Fsp3) is 0.364. The third-order valence-electron chi connectivity index (χ3n) is 6.12. The predicted molar refractivity (Wildman–Crippen MR) is 109 cm³/mol. The highest BCUT2D eigenvalue weighted by Crippen LogP contribution is 2.49. The number of anilines is 1. The molecule has 0 bridgehead atoms. The van der Waals surface area contributed by atoms with E-state index in [9.17, 15) is 8.42 Å².